The molecular formula is C45H44N4. The van der Waals surface area contributed by atoms with E-state index in [0.717, 1.165) is 19.5 Å². The summed E-state index contributed by atoms with van der Waals surface area (Å²) in [5.74, 6) is 0. The van der Waals surface area contributed by atoms with Gasteiger partial charge in [-0.3, -0.25) is 0 Å². The summed E-state index contributed by atoms with van der Waals surface area (Å²) in [4.78, 5) is 7.26. The van der Waals surface area contributed by atoms with Crippen molar-refractivity contribution in [3.63, 3.8) is 0 Å². The van der Waals surface area contributed by atoms with Crippen molar-refractivity contribution in [2.24, 2.45) is 0 Å². The maximum absolute atomic E-state index is 3.74. The van der Waals surface area contributed by atoms with E-state index in [0.29, 0.717) is 0 Å². The van der Waals surface area contributed by atoms with Crippen LogP contribution in [-0.2, 0) is 19.5 Å². The average Bonchev–Trinajstić information content (AvgIpc) is 3.69. The second-order valence-electron chi connectivity index (χ2n) is 14.0. The Labute approximate surface area is 288 Å². The van der Waals surface area contributed by atoms with Crippen LogP contribution in [-0.4, -0.2) is 9.97 Å². The van der Waals surface area contributed by atoms with Gasteiger partial charge in [0.2, 0.25) is 0 Å². The smallest absolute Gasteiger partial charge is 0.0497 e. The molecule has 0 amide bonds. The molecule has 0 unspecified atom stereocenters. The number of benzene rings is 6. The van der Waals surface area contributed by atoms with Gasteiger partial charge >= 0.3 is 0 Å². The van der Waals surface area contributed by atoms with Crippen LogP contribution < -0.4 is 10.6 Å². The van der Waals surface area contributed by atoms with E-state index >= 15 is 0 Å². The first kappa shape index (κ1) is 30.8. The van der Waals surface area contributed by atoms with Crippen molar-refractivity contribution in [1.82, 2.24) is 9.97 Å². The third-order valence-corrected chi connectivity index (χ3v) is 10.6. The molecule has 0 radical (unpaired) electrons. The molecule has 0 bridgehead atoms. The maximum atomic E-state index is 3.74. The van der Waals surface area contributed by atoms with Crippen molar-refractivity contribution in [3.05, 3.63) is 153 Å². The highest BCUT2D eigenvalue weighted by atomic mass is 14.9. The molecule has 0 saturated carbocycles. The first-order chi connectivity index (χ1) is 23.7. The number of rotatable bonds is 8. The van der Waals surface area contributed by atoms with Crippen LogP contribution in [0.1, 0.15) is 55.6 Å². The lowest BCUT2D eigenvalue weighted by atomic mass is 9.97. The van der Waals surface area contributed by atoms with Crippen LogP contribution >= 0.6 is 0 Å². The quantitative estimate of drug-likeness (QED) is 0.134. The summed E-state index contributed by atoms with van der Waals surface area (Å²) >= 11 is 0. The van der Waals surface area contributed by atoms with Crippen LogP contribution in [0.3, 0.4) is 0 Å². The molecule has 0 saturated heterocycles. The highest BCUT2D eigenvalue weighted by Crippen LogP contribution is 2.34. The molecule has 0 atom stereocenters. The third kappa shape index (κ3) is 5.51. The Morgan fingerprint density at radius 2 is 0.898 bits per heavy atom. The molecule has 0 aliphatic heterocycles. The van der Waals surface area contributed by atoms with Gasteiger partial charge in [-0.2, -0.15) is 0 Å². The zero-order valence-electron chi connectivity index (χ0n) is 29.4. The second-order valence-corrected chi connectivity index (χ2v) is 14.0. The summed E-state index contributed by atoms with van der Waals surface area (Å²) in [6, 6.07) is 35.6. The SMILES string of the molecule is Cc1cc(Cc2ccc(NCc3cc(C)c4[nH]c5ccccc5c4c3C)c(C)c2)ccc1NCc1cc(C)c2[nH]c3ccccc3c2c1C. The molecule has 49 heavy (non-hydrogen) atoms. The summed E-state index contributed by atoms with van der Waals surface area (Å²) in [6.45, 7) is 14.9. The number of aromatic amines is 2. The van der Waals surface area contributed by atoms with E-state index < -0.39 is 0 Å². The van der Waals surface area contributed by atoms with E-state index in [1.165, 1.54) is 111 Å². The van der Waals surface area contributed by atoms with Crippen molar-refractivity contribution in [1.29, 1.82) is 0 Å². The van der Waals surface area contributed by atoms with Gasteiger partial charge < -0.3 is 20.6 Å². The largest absolute Gasteiger partial charge is 0.381 e. The molecular weight excluding hydrogens is 597 g/mol. The number of anilines is 2. The molecule has 6 aromatic carbocycles. The Bertz CT molecular complexity index is 2370. The molecule has 0 aliphatic carbocycles. The minimum absolute atomic E-state index is 0.796. The van der Waals surface area contributed by atoms with Crippen LogP contribution in [0.25, 0.3) is 43.6 Å². The summed E-state index contributed by atoms with van der Waals surface area (Å²) in [5, 5.41) is 12.8. The van der Waals surface area contributed by atoms with Crippen molar-refractivity contribution >= 4 is 55.0 Å². The van der Waals surface area contributed by atoms with Crippen LogP contribution in [0.15, 0.2) is 97.1 Å². The predicted molar refractivity (Wildman–Crippen MR) is 210 cm³/mol. The number of nitrogens with one attached hydrogen (secondary N) is 4. The van der Waals surface area contributed by atoms with Crippen LogP contribution in [0.4, 0.5) is 11.4 Å². The summed E-state index contributed by atoms with van der Waals surface area (Å²) in [7, 11) is 0. The van der Waals surface area contributed by atoms with Crippen molar-refractivity contribution in [2.75, 3.05) is 10.6 Å². The minimum Gasteiger partial charge on any atom is -0.381 e. The highest BCUT2D eigenvalue weighted by Gasteiger charge is 2.15. The molecule has 4 heteroatoms. The molecule has 244 valence electrons. The van der Waals surface area contributed by atoms with Gasteiger partial charge in [-0.05, 0) is 128 Å². The summed E-state index contributed by atoms with van der Waals surface area (Å²) in [5.41, 5.74) is 20.4. The van der Waals surface area contributed by atoms with Gasteiger partial charge in [-0.15, -0.1) is 0 Å². The highest BCUT2D eigenvalue weighted by molar-refractivity contribution is 6.11. The molecule has 8 rings (SSSR count). The molecule has 4 nitrogen and oxygen atoms in total. The van der Waals surface area contributed by atoms with Crippen LogP contribution in [0.2, 0.25) is 0 Å². The minimum atomic E-state index is 0.796. The number of para-hydroxylation sites is 2. The average molecular weight is 641 g/mol. The van der Waals surface area contributed by atoms with Crippen molar-refractivity contribution < 1.29 is 0 Å². The number of hydrogen-bond acceptors (Lipinski definition) is 2. The lowest BCUT2D eigenvalue weighted by Gasteiger charge is -2.16. The van der Waals surface area contributed by atoms with E-state index in [1.54, 1.807) is 0 Å². The molecule has 8 aromatic rings. The summed E-state index contributed by atoms with van der Waals surface area (Å²) < 4.78 is 0. The van der Waals surface area contributed by atoms with Gasteiger partial charge in [0.1, 0.15) is 0 Å². The van der Waals surface area contributed by atoms with Gasteiger partial charge in [0, 0.05) is 68.1 Å². The Kier molecular flexibility index (Phi) is 7.67. The fraction of sp³-hybridized carbons (Fsp3) is 0.200. The van der Waals surface area contributed by atoms with E-state index in [4.69, 9.17) is 0 Å². The van der Waals surface area contributed by atoms with Gasteiger partial charge in [0.25, 0.3) is 0 Å². The molecule has 0 spiro atoms. The monoisotopic (exact) mass is 640 g/mol. The normalized spacial score (nSPS) is 11.7. The van der Waals surface area contributed by atoms with E-state index in [2.05, 4.69) is 159 Å². The number of hydrogen-bond donors (Lipinski definition) is 4. The molecule has 2 aromatic heterocycles. The van der Waals surface area contributed by atoms with Crippen molar-refractivity contribution in [2.45, 2.75) is 61.1 Å². The molecule has 0 aliphatic rings. The van der Waals surface area contributed by atoms with Crippen LogP contribution in [0.5, 0.6) is 0 Å². The van der Waals surface area contributed by atoms with Gasteiger partial charge in [0.15, 0.2) is 0 Å². The van der Waals surface area contributed by atoms with Gasteiger partial charge in [-0.25, -0.2) is 0 Å². The van der Waals surface area contributed by atoms with E-state index in [1.807, 2.05) is 0 Å². The number of fused-ring (bicyclic) bond motifs is 6. The Morgan fingerprint density at radius 1 is 0.469 bits per heavy atom. The van der Waals surface area contributed by atoms with E-state index in [-0.39, 0.29) is 0 Å². The lowest BCUT2D eigenvalue weighted by molar-refractivity contribution is 1.10. The zero-order chi connectivity index (χ0) is 33.8. The predicted octanol–water partition coefficient (Wildman–Crippen LogP) is 11.6. The Morgan fingerprint density at radius 3 is 1.33 bits per heavy atom. The molecule has 2 heterocycles. The standard InChI is InChI=1S/C45H44N4/c1-26-19-32(15-17-38(26)46-24-34-21-28(3)44-42(30(34)5)36-11-7-9-13-40(36)48-44)23-33-16-18-39(27(2)20-33)47-25-35-22-29(4)45-43(31(35)6)37-12-8-10-14-41(37)49-45/h7-22,46-49H,23-25H2,1-6H3. The molecule has 0 fully saturated rings. The summed E-state index contributed by atoms with van der Waals surface area (Å²) in [6.07, 6.45) is 0.910. The Balaban J connectivity index is 0.950. The zero-order valence-corrected chi connectivity index (χ0v) is 29.4. The molecule has 4 N–H and O–H groups in total. The lowest BCUT2D eigenvalue weighted by Crippen LogP contribution is -2.05. The van der Waals surface area contributed by atoms with Gasteiger partial charge in [0.05, 0.1) is 0 Å². The van der Waals surface area contributed by atoms with Crippen LogP contribution in [0, 0.1) is 41.5 Å². The first-order valence-electron chi connectivity index (χ1n) is 17.4. The number of aromatic nitrogens is 2. The van der Waals surface area contributed by atoms with Gasteiger partial charge in [-0.1, -0.05) is 72.8 Å². The topological polar surface area (TPSA) is 55.6 Å². The maximum Gasteiger partial charge on any atom is 0.0497 e. The van der Waals surface area contributed by atoms with Crippen molar-refractivity contribution in [3.8, 4) is 0 Å². The van der Waals surface area contributed by atoms with E-state index in [9.17, 15) is 0 Å². The fourth-order valence-electron chi connectivity index (χ4n) is 7.91. The second kappa shape index (κ2) is 12.2. The number of aryl methyl sites for hydroxylation is 6. The Hall–Kier alpha value is -5.48. The third-order valence-electron chi connectivity index (χ3n) is 10.6. The fourth-order valence-corrected chi connectivity index (χ4v) is 7.91. The number of H-pyrrole nitrogens is 2. The first-order valence-corrected chi connectivity index (χ1v) is 17.4.